The van der Waals surface area contributed by atoms with Crippen molar-refractivity contribution in [3.63, 3.8) is 0 Å². The lowest BCUT2D eigenvalue weighted by Gasteiger charge is -2.28. The zero-order chi connectivity index (χ0) is 25.1. The molecule has 4 atom stereocenters. The van der Waals surface area contributed by atoms with Gasteiger partial charge in [-0.2, -0.15) is 0 Å². The van der Waals surface area contributed by atoms with Crippen LogP contribution in [0.3, 0.4) is 0 Å². The van der Waals surface area contributed by atoms with Crippen LogP contribution in [0.4, 0.5) is 5.69 Å². The molecule has 2 fully saturated rings. The fraction of sp³-hybridized carbons (Fsp3) is 0.292. The summed E-state index contributed by atoms with van der Waals surface area (Å²) in [6.45, 7) is -0.624. The number of nitrogens with zero attached hydrogens (tertiary/aromatic N) is 1. The van der Waals surface area contributed by atoms with E-state index in [1.54, 1.807) is 30.3 Å². The summed E-state index contributed by atoms with van der Waals surface area (Å²) in [6, 6.07) is 14.0. The molecule has 0 unspecified atom stereocenters. The lowest BCUT2D eigenvalue weighted by Crippen LogP contribution is -2.43. The van der Waals surface area contributed by atoms with E-state index in [1.165, 1.54) is 24.3 Å². The van der Waals surface area contributed by atoms with E-state index < -0.39 is 36.2 Å². The van der Waals surface area contributed by atoms with Crippen LogP contribution in [0, 0.1) is 11.8 Å². The Bertz CT molecular complexity index is 1130. The number of benzene rings is 2. The van der Waals surface area contributed by atoms with Gasteiger partial charge in [0.2, 0.25) is 11.8 Å². The number of nitrogens with one attached hydrogen (secondary N) is 2. The van der Waals surface area contributed by atoms with Crippen LogP contribution >= 0.6 is 23.2 Å². The van der Waals surface area contributed by atoms with Crippen LogP contribution in [0.5, 0.6) is 0 Å². The molecule has 2 N–H and O–H groups in total. The monoisotopic (exact) mass is 517 g/mol. The van der Waals surface area contributed by atoms with Gasteiger partial charge in [0.1, 0.15) is 0 Å². The smallest absolute Gasteiger partial charge is 0.338 e. The maximum absolute atomic E-state index is 12.8. The van der Waals surface area contributed by atoms with Crippen molar-refractivity contribution in [1.82, 2.24) is 10.9 Å². The average Bonchev–Trinajstić information content (AvgIpc) is 3.10. The van der Waals surface area contributed by atoms with Crippen molar-refractivity contribution in [1.29, 1.82) is 0 Å². The van der Waals surface area contributed by atoms with E-state index in [0.717, 1.165) is 4.90 Å². The van der Waals surface area contributed by atoms with Crippen molar-refractivity contribution in [2.75, 3.05) is 11.5 Å². The molecule has 0 spiro atoms. The molecule has 0 radical (unpaired) electrons. The van der Waals surface area contributed by atoms with Crippen molar-refractivity contribution in [2.45, 2.75) is 23.6 Å². The molecule has 11 heteroatoms. The Morgan fingerprint density at radius 2 is 1.40 bits per heavy atom. The van der Waals surface area contributed by atoms with Gasteiger partial charge in [-0.1, -0.05) is 18.2 Å². The summed E-state index contributed by atoms with van der Waals surface area (Å²) in [6.07, 6.45) is 0.666. The molecular weight excluding hydrogens is 497 g/mol. The Morgan fingerprint density at radius 3 is 1.97 bits per heavy atom. The predicted molar refractivity (Wildman–Crippen MR) is 127 cm³/mol. The van der Waals surface area contributed by atoms with E-state index in [9.17, 15) is 24.0 Å². The highest BCUT2D eigenvalue weighted by molar-refractivity contribution is 6.31. The molecule has 2 aromatic rings. The summed E-state index contributed by atoms with van der Waals surface area (Å²) >= 11 is 12.4. The first-order valence-corrected chi connectivity index (χ1v) is 11.7. The summed E-state index contributed by atoms with van der Waals surface area (Å²) in [5.41, 5.74) is 5.17. The van der Waals surface area contributed by atoms with Crippen LogP contribution < -0.4 is 15.8 Å². The number of alkyl halides is 2. The molecular formula is C24H21Cl2N3O6. The molecule has 1 aliphatic carbocycles. The number of hydrazine groups is 1. The van der Waals surface area contributed by atoms with E-state index in [-0.39, 0.29) is 28.1 Å². The largest absolute Gasteiger partial charge is 0.452 e. The van der Waals surface area contributed by atoms with Crippen molar-refractivity contribution in [3.8, 4) is 0 Å². The second-order valence-corrected chi connectivity index (χ2v) is 9.34. The van der Waals surface area contributed by atoms with Crippen LogP contribution in [-0.2, 0) is 19.1 Å². The predicted octanol–water partition coefficient (Wildman–Crippen LogP) is 2.42. The zero-order valence-electron chi connectivity index (χ0n) is 18.3. The number of anilines is 1. The van der Waals surface area contributed by atoms with Gasteiger partial charge in [-0.15, -0.1) is 23.2 Å². The minimum atomic E-state index is -0.788. The number of carbonyl (C=O) groups excluding carboxylic acids is 5. The second-order valence-electron chi connectivity index (χ2n) is 8.22. The molecule has 0 bridgehead atoms. The number of hydrogen-bond donors (Lipinski definition) is 2. The lowest BCUT2D eigenvalue weighted by atomic mass is 9.80. The van der Waals surface area contributed by atoms with Crippen LogP contribution in [0.2, 0.25) is 0 Å². The third-order valence-corrected chi connectivity index (χ3v) is 7.05. The number of rotatable bonds is 5. The maximum Gasteiger partial charge on any atom is 0.338 e. The standard InChI is InChI=1S/C24H21Cl2N3O6/c25-18-10-16-17(11-19(18)26)23(33)29(22(16)32)15-8-6-14(7-9-15)24(34)35-12-20(30)27-28-21(31)13-4-2-1-3-5-13/h1-9,16-19H,10-12H2,(H,27,30)(H,28,31)/t16-,17+,18+,19-. The van der Waals surface area contributed by atoms with E-state index in [1.807, 2.05) is 0 Å². The maximum atomic E-state index is 12.8. The van der Waals surface area contributed by atoms with Crippen molar-refractivity contribution < 1.29 is 28.7 Å². The first-order chi connectivity index (χ1) is 16.8. The average molecular weight is 518 g/mol. The molecule has 1 heterocycles. The molecule has 182 valence electrons. The number of carbonyl (C=O) groups is 5. The topological polar surface area (TPSA) is 122 Å². The van der Waals surface area contributed by atoms with Gasteiger partial charge < -0.3 is 4.74 Å². The zero-order valence-corrected chi connectivity index (χ0v) is 19.8. The Hall–Kier alpha value is -3.43. The highest BCUT2D eigenvalue weighted by atomic mass is 35.5. The lowest BCUT2D eigenvalue weighted by molar-refractivity contribution is -0.125. The van der Waals surface area contributed by atoms with Gasteiger partial charge in [0.05, 0.1) is 33.8 Å². The summed E-state index contributed by atoms with van der Waals surface area (Å²) < 4.78 is 4.96. The van der Waals surface area contributed by atoms with Crippen molar-refractivity contribution in [2.24, 2.45) is 11.8 Å². The molecule has 2 aromatic carbocycles. The van der Waals surface area contributed by atoms with Crippen LogP contribution in [0.25, 0.3) is 0 Å². The summed E-state index contributed by atoms with van der Waals surface area (Å²) in [5.74, 6) is -3.72. The molecule has 1 saturated heterocycles. The molecule has 35 heavy (non-hydrogen) atoms. The molecule has 1 aliphatic heterocycles. The number of hydrogen-bond acceptors (Lipinski definition) is 6. The normalized spacial score (nSPS) is 23.4. The van der Waals surface area contributed by atoms with Gasteiger partial charge in [-0.25, -0.2) is 4.79 Å². The van der Waals surface area contributed by atoms with E-state index in [2.05, 4.69) is 10.9 Å². The minimum absolute atomic E-state index is 0.119. The van der Waals surface area contributed by atoms with E-state index in [0.29, 0.717) is 24.1 Å². The van der Waals surface area contributed by atoms with Gasteiger partial charge in [0.25, 0.3) is 11.8 Å². The highest BCUT2D eigenvalue weighted by Crippen LogP contribution is 2.43. The Kier molecular flexibility index (Phi) is 7.37. The van der Waals surface area contributed by atoms with Crippen molar-refractivity contribution in [3.05, 3.63) is 65.7 Å². The Labute approximate surface area is 210 Å². The minimum Gasteiger partial charge on any atom is -0.452 e. The van der Waals surface area contributed by atoms with E-state index >= 15 is 0 Å². The van der Waals surface area contributed by atoms with E-state index in [4.69, 9.17) is 27.9 Å². The number of amides is 4. The second kappa shape index (κ2) is 10.5. The quantitative estimate of drug-likeness (QED) is 0.272. The Morgan fingerprint density at radius 1 is 0.829 bits per heavy atom. The number of imide groups is 1. The Balaban J connectivity index is 1.30. The van der Waals surface area contributed by atoms with Gasteiger partial charge in [0.15, 0.2) is 6.61 Å². The number of fused-ring (bicyclic) bond motifs is 1. The summed E-state index contributed by atoms with van der Waals surface area (Å²) in [7, 11) is 0. The molecule has 4 amide bonds. The number of halogens is 2. The summed E-state index contributed by atoms with van der Waals surface area (Å²) in [5, 5.41) is -0.758. The number of ether oxygens (including phenoxy) is 1. The van der Waals surface area contributed by atoms with Crippen molar-refractivity contribution >= 4 is 58.5 Å². The first-order valence-electron chi connectivity index (χ1n) is 10.8. The first kappa shape index (κ1) is 24.7. The SMILES string of the molecule is O=C(COC(=O)c1ccc(N2C(=O)[C@H]3C[C@@H](Cl)[C@@H](Cl)C[C@H]3C2=O)cc1)NNC(=O)c1ccccc1. The van der Waals surface area contributed by atoms with Gasteiger partial charge >= 0.3 is 5.97 Å². The molecule has 1 saturated carbocycles. The fourth-order valence-corrected chi connectivity index (χ4v) is 4.72. The van der Waals surface area contributed by atoms with Crippen LogP contribution in [0.1, 0.15) is 33.6 Å². The van der Waals surface area contributed by atoms with Gasteiger partial charge in [0, 0.05) is 5.56 Å². The van der Waals surface area contributed by atoms with Gasteiger partial charge in [-0.05, 0) is 49.2 Å². The molecule has 4 rings (SSSR count). The molecule has 9 nitrogen and oxygen atoms in total. The van der Waals surface area contributed by atoms with Crippen LogP contribution in [0.15, 0.2) is 54.6 Å². The number of esters is 1. The molecule has 2 aliphatic rings. The third-order valence-electron chi connectivity index (χ3n) is 5.96. The van der Waals surface area contributed by atoms with Gasteiger partial charge in [-0.3, -0.25) is 34.9 Å². The molecule has 0 aromatic heterocycles. The highest BCUT2D eigenvalue weighted by Gasteiger charge is 2.52. The summed E-state index contributed by atoms with van der Waals surface area (Å²) in [4.78, 5) is 62.8. The fourth-order valence-electron chi connectivity index (χ4n) is 4.13. The third kappa shape index (κ3) is 5.31. The van der Waals surface area contributed by atoms with Crippen LogP contribution in [-0.4, -0.2) is 47.0 Å².